The van der Waals surface area contributed by atoms with Gasteiger partial charge in [-0.2, -0.15) is 13.2 Å². The number of rotatable bonds is 5. The van der Waals surface area contributed by atoms with Crippen LogP contribution in [0.15, 0.2) is 65.8 Å². The lowest BCUT2D eigenvalue weighted by Gasteiger charge is -2.29. The molecule has 0 amide bonds. The summed E-state index contributed by atoms with van der Waals surface area (Å²) >= 11 is 0. The van der Waals surface area contributed by atoms with Gasteiger partial charge in [-0.15, -0.1) is 0 Å². The van der Waals surface area contributed by atoms with E-state index in [4.69, 9.17) is 0 Å². The molecule has 0 aromatic heterocycles. The number of nitrogens with zero attached hydrogens (tertiary/aromatic N) is 1. The third kappa shape index (κ3) is 4.49. The Bertz CT molecular complexity index is 920. The standard InChI is InChI=1S/C20H17F5N2O2/c1-19(21,22)13-8-12(9-14(10-13)20(23,24)25)11-26-16-6-5-15-4-2-3-7-27(15)17(16)18(28)29/h3-10,26H,2,11H2,1H3,(H,28,29). The summed E-state index contributed by atoms with van der Waals surface area (Å²) in [4.78, 5) is 13.2. The maximum atomic E-state index is 13.6. The molecule has 154 valence electrons. The van der Waals surface area contributed by atoms with Crippen molar-refractivity contribution < 1.29 is 31.9 Å². The predicted octanol–water partition coefficient (Wildman–Crippen LogP) is 4.88. The van der Waals surface area contributed by atoms with E-state index in [2.05, 4.69) is 5.32 Å². The summed E-state index contributed by atoms with van der Waals surface area (Å²) < 4.78 is 66.6. The van der Waals surface area contributed by atoms with Crippen molar-refractivity contribution in [3.8, 4) is 0 Å². The van der Waals surface area contributed by atoms with Crippen LogP contribution < -0.4 is 5.32 Å². The molecule has 2 aliphatic heterocycles. The third-order valence-corrected chi connectivity index (χ3v) is 4.43. The largest absolute Gasteiger partial charge is 0.476 e. The summed E-state index contributed by atoms with van der Waals surface area (Å²) in [5, 5.41) is 12.3. The van der Waals surface area contributed by atoms with E-state index in [1.165, 1.54) is 11.0 Å². The van der Waals surface area contributed by atoms with Crippen molar-refractivity contribution in [2.75, 3.05) is 0 Å². The second-order valence-corrected chi connectivity index (χ2v) is 6.68. The number of allylic oxidation sites excluding steroid dienone is 4. The van der Waals surface area contributed by atoms with Crippen molar-refractivity contribution in [3.05, 3.63) is 82.5 Å². The lowest BCUT2D eigenvalue weighted by molar-refractivity contribution is -0.138. The Labute approximate surface area is 163 Å². The van der Waals surface area contributed by atoms with Gasteiger partial charge < -0.3 is 15.3 Å². The number of hydrogen-bond donors (Lipinski definition) is 2. The number of nitrogens with one attached hydrogen (secondary N) is 1. The zero-order valence-electron chi connectivity index (χ0n) is 15.2. The van der Waals surface area contributed by atoms with Gasteiger partial charge in [-0.1, -0.05) is 12.2 Å². The summed E-state index contributed by atoms with van der Waals surface area (Å²) in [6.07, 6.45) is 4.17. The first-order valence-electron chi connectivity index (χ1n) is 8.62. The van der Waals surface area contributed by atoms with Crippen molar-refractivity contribution >= 4 is 5.97 Å². The van der Waals surface area contributed by atoms with Crippen LogP contribution in [0, 0.1) is 0 Å². The molecule has 0 fully saturated rings. The molecule has 0 radical (unpaired) electrons. The number of carbonyl (C=O) groups is 1. The van der Waals surface area contributed by atoms with Gasteiger partial charge in [0.05, 0.1) is 11.3 Å². The molecule has 0 saturated heterocycles. The maximum absolute atomic E-state index is 13.6. The molecule has 0 bridgehead atoms. The Morgan fingerprint density at radius 3 is 2.45 bits per heavy atom. The first-order valence-corrected chi connectivity index (χ1v) is 8.62. The number of benzene rings is 1. The molecule has 2 aliphatic rings. The highest BCUT2D eigenvalue weighted by Crippen LogP contribution is 2.35. The first-order chi connectivity index (χ1) is 13.5. The van der Waals surface area contributed by atoms with Crippen LogP contribution >= 0.6 is 0 Å². The molecule has 4 nitrogen and oxygen atoms in total. The number of fused-ring (bicyclic) bond motifs is 1. The maximum Gasteiger partial charge on any atom is 0.416 e. The summed E-state index contributed by atoms with van der Waals surface area (Å²) in [6, 6.07) is 2.16. The Balaban J connectivity index is 1.93. The molecule has 29 heavy (non-hydrogen) atoms. The minimum absolute atomic E-state index is 0.0440. The van der Waals surface area contributed by atoms with E-state index >= 15 is 0 Å². The predicted molar refractivity (Wildman–Crippen MR) is 95.3 cm³/mol. The van der Waals surface area contributed by atoms with Crippen molar-refractivity contribution in [3.63, 3.8) is 0 Å². The Morgan fingerprint density at radius 1 is 1.14 bits per heavy atom. The highest BCUT2D eigenvalue weighted by molar-refractivity contribution is 5.89. The van der Waals surface area contributed by atoms with Crippen LogP contribution in [-0.2, 0) is 23.4 Å². The van der Waals surface area contributed by atoms with Gasteiger partial charge in [0.25, 0.3) is 5.92 Å². The summed E-state index contributed by atoms with van der Waals surface area (Å²) in [5.41, 5.74) is -1.30. The normalized spacial score (nSPS) is 16.6. The molecule has 3 rings (SSSR count). The summed E-state index contributed by atoms with van der Waals surface area (Å²) in [5.74, 6) is -4.69. The zero-order valence-corrected chi connectivity index (χ0v) is 15.2. The lowest BCUT2D eigenvalue weighted by Crippen LogP contribution is -2.30. The highest BCUT2D eigenvalue weighted by atomic mass is 19.4. The van der Waals surface area contributed by atoms with E-state index in [9.17, 15) is 31.9 Å². The van der Waals surface area contributed by atoms with Crippen molar-refractivity contribution in [1.29, 1.82) is 0 Å². The van der Waals surface area contributed by atoms with Crippen LogP contribution in [0.5, 0.6) is 0 Å². The summed E-state index contributed by atoms with van der Waals surface area (Å²) in [6.45, 7) is 0.255. The molecule has 1 aromatic rings. The van der Waals surface area contributed by atoms with Crippen LogP contribution in [0.4, 0.5) is 22.0 Å². The van der Waals surface area contributed by atoms with Gasteiger partial charge in [0, 0.05) is 30.9 Å². The lowest BCUT2D eigenvalue weighted by atomic mass is 10.0. The Hall–Kier alpha value is -3.10. The number of halogens is 5. The van der Waals surface area contributed by atoms with E-state index in [0.717, 1.165) is 12.1 Å². The van der Waals surface area contributed by atoms with Gasteiger partial charge in [0.1, 0.15) is 0 Å². The van der Waals surface area contributed by atoms with Gasteiger partial charge in [-0.05, 0) is 42.3 Å². The van der Waals surface area contributed by atoms with E-state index < -0.39 is 29.2 Å². The quantitative estimate of drug-likeness (QED) is 0.678. The summed E-state index contributed by atoms with van der Waals surface area (Å²) in [7, 11) is 0. The molecule has 2 N–H and O–H groups in total. The van der Waals surface area contributed by atoms with Crippen LogP contribution in [0.25, 0.3) is 0 Å². The molecular weight excluding hydrogens is 395 g/mol. The molecule has 9 heteroatoms. The smallest absolute Gasteiger partial charge is 0.416 e. The van der Waals surface area contributed by atoms with Gasteiger partial charge in [-0.25, -0.2) is 13.6 Å². The number of hydrogen-bond acceptors (Lipinski definition) is 3. The van der Waals surface area contributed by atoms with Gasteiger partial charge >= 0.3 is 12.1 Å². The van der Waals surface area contributed by atoms with E-state index in [1.54, 1.807) is 18.4 Å². The van der Waals surface area contributed by atoms with Crippen LogP contribution in [-0.4, -0.2) is 16.0 Å². The van der Waals surface area contributed by atoms with Gasteiger partial charge in [0.15, 0.2) is 5.70 Å². The molecule has 0 unspecified atom stereocenters. The fraction of sp³-hybridized carbons (Fsp3) is 0.250. The van der Waals surface area contributed by atoms with Crippen LogP contribution in [0.3, 0.4) is 0 Å². The molecule has 1 aromatic carbocycles. The monoisotopic (exact) mass is 412 g/mol. The Kier molecular flexibility index (Phi) is 5.25. The molecular formula is C20H17F5N2O2. The van der Waals surface area contributed by atoms with Crippen molar-refractivity contribution in [2.45, 2.75) is 32.0 Å². The van der Waals surface area contributed by atoms with E-state index in [1.807, 2.05) is 6.08 Å². The number of aliphatic carboxylic acids is 1. The molecule has 0 atom stereocenters. The third-order valence-electron chi connectivity index (χ3n) is 4.43. The number of carboxylic acid groups (broad SMARTS) is 1. The molecule has 2 heterocycles. The van der Waals surface area contributed by atoms with E-state index in [-0.39, 0.29) is 23.5 Å². The minimum atomic E-state index is -4.79. The van der Waals surface area contributed by atoms with Crippen LogP contribution in [0.2, 0.25) is 0 Å². The minimum Gasteiger partial charge on any atom is -0.476 e. The molecule has 0 aliphatic carbocycles. The first kappa shape index (κ1) is 20.6. The van der Waals surface area contributed by atoms with Gasteiger partial charge in [-0.3, -0.25) is 0 Å². The topological polar surface area (TPSA) is 52.6 Å². The molecule has 0 saturated carbocycles. The van der Waals surface area contributed by atoms with Crippen LogP contribution in [0.1, 0.15) is 30.0 Å². The average Bonchev–Trinajstić information content (AvgIpc) is 2.64. The van der Waals surface area contributed by atoms with Crippen molar-refractivity contribution in [1.82, 2.24) is 10.2 Å². The fourth-order valence-corrected chi connectivity index (χ4v) is 3.04. The highest BCUT2D eigenvalue weighted by Gasteiger charge is 2.34. The average molecular weight is 412 g/mol. The Morgan fingerprint density at radius 2 is 1.83 bits per heavy atom. The van der Waals surface area contributed by atoms with E-state index in [0.29, 0.717) is 25.1 Å². The fourth-order valence-electron chi connectivity index (χ4n) is 3.04. The SMILES string of the molecule is CC(F)(F)c1cc(CNC2=C(C(=O)O)N3C=CCC=C3C=C2)cc(C(F)(F)F)c1. The van der Waals surface area contributed by atoms with Gasteiger partial charge in [0.2, 0.25) is 0 Å². The second kappa shape index (κ2) is 7.38. The zero-order chi connectivity index (χ0) is 21.4. The second-order valence-electron chi connectivity index (χ2n) is 6.68. The molecule has 0 spiro atoms. The number of carboxylic acids is 1. The van der Waals surface area contributed by atoms with Crippen molar-refractivity contribution in [2.24, 2.45) is 0 Å². The number of alkyl halides is 5.